The Morgan fingerprint density at radius 3 is 2.46 bits per heavy atom. The van der Waals surface area contributed by atoms with E-state index in [2.05, 4.69) is 5.32 Å². The summed E-state index contributed by atoms with van der Waals surface area (Å²) in [6.07, 6.45) is 0. The quantitative estimate of drug-likeness (QED) is 0.693. The van der Waals surface area contributed by atoms with Crippen molar-refractivity contribution in [2.24, 2.45) is 0 Å². The number of carbonyl (C=O) groups is 2. The van der Waals surface area contributed by atoms with Gasteiger partial charge < -0.3 is 19.9 Å². The molecule has 0 spiro atoms. The Labute approximate surface area is 167 Å². The number of ether oxygens (including phenoxy) is 1. The van der Waals surface area contributed by atoms with Crippen LogP contribution in [0.5, 0.6) is 5.75 Å². The van der Waals surface area contributed by atoms with Crippen LogP contribution in [0.2, 0.25) is 0 Å². The predicted octanol–water partition coefficient (Wildman–Crippen LogP) is 1.76. The fourth-order valence-corrected chi connectivity index (χ4v) is 2.96. The average Bonchev–Trinajstić information content (AvgIpc) is 2.72. The summed E-state index contributed by atoms with van der Waals surface area (Å²) in [5.41, 5.74) is 1.77. The zero-order valence-electron chi connectivity index (χ0n) is 17.1. The van der Waals surface area contributed by atoms with Gasteiger partial charge >= 0.3 is 0 Å². The molecule has 150 valence electrons. The number of carbonyl (C=O) groups excluding carboxylic acids is 2. The molecule has 0 saturated carbocycles. The number of methoxy groups -OCH3 is 1. The van der Waals surface area contributed by atoms with E-state index in [9.17, 15) is 9.59 Å². The van der Waals surface area contributed by atoms with Crippen molar-refractivity contribution in [1.29, 1.82) is 0 Å². The summed E-state index contributed by atoms with van der Waals surface area (Å²) in [5, 5.41) is 2.87. The van der Waals surface area contributed by atoms with Crippen molar-refractivity contribution in [3.63, 3.8) is 0 Å². The van der Waals surface area contributed by atoms with Gasteiger partial charge in [0.1, 0.15) is 5.75 Å². The molecule has 0 aromatic heterocycles. The van der Waals surface area contributed by atoms with E-state index in [4.69, 9.17) is 4.74 Å². The van der Waals surface area contributed by atoms with Gasteiger partial charge in [0.05, 0.1) is 19.7 Å². The van der Waals surface area contributed by atoms with Crippen molar-refractivity contribution in [1.82, 2.24) is 4.90 Å². The first kappa shape index (κ1) is 21.4. The van der Waals surface area contributed by atoms with Crippen molar-refractivity contribution in [3.8, 4) is 5.75 Å². The third kappa shape index (κ3) is 6.09. The van der Waals surface area contributed by atoms with Crippen LogP contribution in [0.15, 0.2) is 54.6 Å². The van der Waals surface area contributed by atoms with Crippen LogP contribution in [-0.2, 0) is 9.59 Å². The lowest BCUT2D eigenvalue weighted by Gasteiger charge is -2.27. The molecule has 0 aliphatic rings. The minimum absolute atomic E-state index is 0.0161. The molecule has 0 saturated heterocycles. The molecule has 0 bridgehead atoms. The third-order valence-electron chi connectivity index (χ3n) is 4.92. The number of quaternary nitrogens is 1. The Kier molecular flexibility index (Phi) is 8.02. The van der Waals surface area contributed by atoms with Crippen LogP contribution in [0.3, 0.4) is 0 Å². The van der Waals surface area contributed by atoms with Gasteiger partial charge in [0.25, 0.3) is 11.8 Å². The van der Waals surface area contributed by atoms with Crippen molar-refractivity contribution in [2.75, 3.05) is 39.1 Å². The van der Waals surface area contributed by atoms with Gasteiger partial charge in [-0.3, -0.25) is 9.59 Å². The summed E-state index contributed by atoms with van der Waals surface area (Å²) >= 11 is 0. The SMILES string of the molecule is CC[NH+](CC(=O)Nc1cccc(OC)c1)CC(=O)N(C)[C@H](C)c1ccccc1. The van der Waals surface area contributed by atoms with E-state index < -0.39 is 0 Å². The van der Waals surface area contributed by atoms with Gasteiger partial charge in [-0.2, -0.15) is 0 Å². The second-order valence-corrected chi connectivity index (χ2v) is 6.83. The third-order valence-corrected chi connectivity index (χ3v) is 4.92. The Hall–Kier alpha value is -2.86. The first-order chi connectivity index (χ1) is 13.4. The zero-order chi connectivity index (χ0) is 20.5. The van der Waals surface area contributed by atoms with Crippen molar-refractivity contribution < 1.29 is 19.2 Å². The lowest BCUT2D eigenvalue weighted by Crippen LogP contribution is -3.13. The maximum absolute atomic E-state index is 12.7. The maximum Gasteiger partial charge on any atom is 0.279 e. The normalized spacial score (nSPS) is 12.7. The number of nitrogens with one attached hydrogen (secondary N) is 2. The molecule has 2 aromatic carbocycles. The second kappa shape index (κ2) is 10.5. The monoisotopic (exact) mass is 384 g/mol. The van der Waals surface area contributed by atoms with Gasteiger partial charge in [0.2, 0.25) is 0 Å². The first-order valence-corrected chi connectivity index (χ1v) is 9.52. The van der Waals surface area contributed by atoms with Crippen LogP contribution in [0.1, 0.15) is 25.5 Å². The lowest BCUT2D eigenvalue weighted by atomic mass is 10.1. The highest BCUT2D eigenvalue weighted by molar-refractivity contribution is 5.91. The molecule has 0 aliphatic heterocycles. The Morgan fingerprint density at radius 2 is 1.82 bits per heavy atom. The summed E-state index contributed by atoms with van der Waals surface area (Å²) in [4.78, 5) is 27.8. The fraction of sp³-hybridized carbons (Fsp3) is 0.364. The van der Waals surface area contributed by atoms with Crippen LogP contribution < -0.4 is 15.0 Å². The summed E-state index contributed by atoms with van der Waals surface area (Å²) < 4.78 is 5.17. The minimum Gasteiger partial charge on any atom is -0.497 e. The highest BCUT2D eigenvalue weighted by Gasteiger charge is 2.23. The first-order valence-electron chi connectivity index (χ1n) is 9.52. The van der Waals surface area contributed by atoms with E-state index in [0.717, 1.165) is 10.5 Å². The number of rotatable bonds is 9. The van der Waals surface area contributed by atoms with Crippen molar-refractivity contribution in [3.05, 3.63) is 60.2 Å². The molecule has 6 nitrogen and oxygen atoms in total. The summed E-state index contributed by atoms with van der Waals surface area (Å²) in [6, 6.07) is 17.1. The van der Waals surface area contributed by atoms with E-state index in [0.29, 0.717) is 18.0 Å². The minimum atomic E-state index is -0.128. The second-order valence-electron chi connectivity index (χ2n) is 6.83. The van der Waals surface area contributed by atoms with Gasteiger partial charge in [-0.05, 0) is 31.5 Å². The van der Waals surface area contributed by atoms with E-state index in [1.807, 2.05) is 69.4 Å². The molecule has 0 heterocycles. The molecule has 0 fully saturated rings. The zero-order valence-corrected chi connectivity index (χ0v) is 17.1. The number of amides is 2. The molecule has 2 aromatic rings. The number of likely N-dealkylation sites (N-methyl/N-ethyl adjacent to an activating group) is 2. The summed E-state index contributed by atoms with van der Waals surface area (Å²) in [7, 11) is 3.39. The van der Waals surface area contributed by atoms with Crippen LogP contribution >= 0.6 is 0 Å². The van der Waals surface area contributed by atoms with Gasteiger partial charge in [-0.15, -0.1) is 0 Å². The highest BCUT2D eigenvalue weighted by atomic mass is 16.5. The van der Waals surface area contributed by atoms with E-state index in [-0.39, 0.29) is 30.9 Å². The fourth-order valence-electron chi connectivity index (χ4n) is 2.96. The topological polar surface area (TPSA) is 63.1 Å². The molecular weight excluding hydrogens is 354 g/mol. The summed E-state index contributed by atoms with van der Waals surface area (Å²) in [6.45, 7) is 5.17. The summed E-state index contributed by atoms with van der Waals surface area (Å²) in [5.74, 6) is 0.572. The number of nitrogens with zero attached hydrogens (tertiary/aromatic N) is 1. The van der Waals surface area contributed by atoms with Crippen LogP contribution in [0.25, 0.3) is 0 Å². The molecule has 28 heavy (non-hydrogen) atoms. The van der Waals surface area contributed by atoms with E-state index >= 15 is 0 Å². The predicted molar refractivity (Wildman–Crippen MR) is 110 cm³/mol. The number of anilines is 1. The van der Waals surface area contributed by atoms with Gasteiger partial charge in [0, 0.05) is 18.8 Å². The smallest absolute Gasteiger partial charge is 0.279 e. The number of hydrogen-bond acceptors (Lipinski definition) is 3. The van der Waals surface area contributed by atoms with Gasteiger partial charge in [0.15, 0.2) is 13.1 Å². The molecule has 2 rings (SSSR count). The van der Waals surface area contributed by atoms with Gasteiger partial charge in [-0.1, -0.05) is 36.4 Å². The molecule has 2 amide bonds. The molecular formula is C22H30N3O3+. The van der Waals surface area contributed by atoms with Crippen molar-refractivity contribution >= 4 is 17.5 Å². The van der Waals surface area contributed by atoms with Crippen LogP contribution in [0.4, 0.5) is 5.69 Å². The Balaban J connectivity index is 1.91. The molecule has 2 N–H and O–H groups in total. The van der Waals surface area contributed by atoms with Gasteiger partial charge in [-0.25, -0.2) is 0 Å². The lowest BCUT2D eigenvalue weighted by molar-refractivity contribution is -0.882. The molecule has 1 unspecified atom stereocenters. The van der Waals surface area contributed by atoms with Crippen molar-refractivity contribution in [2.45, 2.75) is 19.9 Å². The Morgan fingerprint density at radius 1 is 1.11 bits per heavy atom. The molecule has 6 heteroatoms. The average molecular weight is 385 g/mol. The number of hydrogen-bond donors (Lipinski definition) is 2. The molecule has 2 atom stereocenters. The number of benzene rings is 2. The Bertz CT molecular complexity index is 780. The van der Waals surface area contributed by atoms with Crippen LogP contribution in [-0.4, -0.2) is 50.5 Å². The molecule has 0 aliphatic carbocycles. The standard InChI is InChI=1S/C22H29N3O3/c1-5-25(15-21(26)23-19-12-9-13-20(14-19)28-4)16-22(27)24(3)17(2)18-10-7-6-8-11-18/h6-14,17H,5,15-16H2,1-4H3,(H,23,26)/p+1/t17-/m1/s1. The van der Waals surface area contributed by atoms with E-state index in [1.54, 1.807) is 18.1 Å². The van der Waals surface area contributed by atoms with E-state index in [1.165, 1.54) is 0 Å². The molecule has 0 radical (unpaired) electrons. The van der Waals surface area contributed by atoms with Crippen LogP contribution in [0, 0.1) is 0 Å². The maximum atomic E-state index is 12.7. The largest absolute Gasteiger partial charge is 0.497 e. The highest BCUT2D eigenvalue weighted by Crippen LogP contribution is 2.18.